The monoisotopic (exact) mass is 267 g/mol. The van der Waals surface area contributed by atoms with Crippen molar-refractivity contribution in [1.29, 1.82) is 0 Å². The van der Waals surface area contributed by atoms with Gasteiger partial charge in [0.25, 0.3) is 0 Å². The predicted molar refractivity (Wildman–Crippen MR) is 70.8 cm³/mol. The molecule has 1 aliphatic rings. The van der Waals surface area contributed by atoms with E-state index in [9.17, 15) is 0 Å². The van der Waals surface area contributed by atoms with Crippen LogP contribution in [0, 0.1) is 0 Å². The first-order chi connectivity index (χ1) is 9.81. The second-order valence-corrected chi connectivity index (χ2v) is 5.09. The van der Waals surface area contributed by atoms with E-state index in [0.717, 1.165) is 12.0 Å². The molecule has 1 saturated carbocycles. The molecule has 3 heterocycles. The van der Waals surface area contributed by atoms with Crippen molar-refractivity contribution in [3.8, 4) is 11.4 Å². The van der Waals surface area contributed by atoms with E-state index in [1.165, 1.54) is 5.56 Å². The first kappa shape index (κ1) is 11.3. The lowest BCUT2D eigenvalue weighted by atomic mass is 10.1. The molecule has 100 valence electrons. The topological polar surface area (TPSA) is 69.6 Å². The van der Waals surface area contributed by atoms with Crippen LogP contribution in [0.3, 0.4) is 0 Å². The number of nitrogens with zero attached hydrogens (tertiary/aromatic N) is 5. The molecule has 20 heavy (non-hydrogen) atoms. The van der Waals surface area contributed by atoms with Crippen LogP contribution in [0.1, 0.15) is 29.7 Å². The van der Waals surface area contributed by atoms with Crippen LogP contribution in [-0.4, -0.2) is 24.9 Å². The summed E-state index contributed by atoms with van der Waals surface area (Å²) in [7, 11) is 1.86. The number of aryl methyl sites for hydroxylation is 1. The average Bonchev–Trinajstić information content (AvgIpc) is 2.91. The zero-order valence-electron chi connectivity index (χ0n) is 11.0. The predicted octanol–water partition coefficient (Wildman–Crippen LogP) is 2.14. The molecule has 0 aromatic carbocycles. The number of aromatic nitrogens is 5. The Kier molecular flexibility index (Phi) is 2.42. The van der Waals surface area contributed by atoms with E-state index in [2.05, 4.69) is 26.3 Å². The maximum atomic E-state index is 5.39. The standard InChI is InChI=1S/C14H13N5O/c1-19-8-10(7-16-19)13-17-14(20-18-13)12-5-11(12)9-3-2-4-15-6-9/h2-4,6-8,11-12H,5H2,1H3/t11-,12+/m1/s1. The van der Waals surface area contributed by atoms with Crippen LogP contribution in [-0.2, 0) is 7.05 Å². The van der Waals surface area contributed by atoms with Crippen molar-refractivity contribution < 1.29 is 4.52 Å². The molecule has 2 atom stereocenters. The summed E-state index contributed by atoms with van der Waals surface area (Å²) in [6.45, 7) is 0. The third-order valence-corrected chi connectivity index (χ3v) is 3.63. The second kappa shape index (κ2) is 4.26. The highest BCUT2D eigenvalue weighted by Gasteiger charge is 2.43. The van der Waals surface area contributed by atoms with Gasteiger partial charge in [0.2, 0.25) is 11.7 Å². The third-order valence-electron chi connectivity index (χ3n) is 3.63. The molecule has 0 spiro atoms. The molecule has 1 fully saturated rings. The van der Waals surface area contributed by atoms with Gasteiger partial charge in [0, 0.05) is 31.6 Å². The molecule has 3 aromatic heterocycles. The second-order valence-electron chi connectivity index (χ2n) is 5.09. The lowest BCUT2D eigenvalue weighted by Gasteiger charge is -1.95. The van der Waals surface area contributed by atoms with Crippen molar-refractivity contribution in [1.82, 2.24) is 24.9 Å². The summed E-state index contributed by atoms with van der Waals surface area (Å²) >= 11 is 0. The molecule has 6 heteroatoms. The van der Waals surface area contributed by atoms with Gasteiger partial charge in [0.05, 0.1) is 11.8 Å². The molecule has 0 aliphatic heterocycles. The number of hydrogen-bond donors (Lipinski definition) is 0. The van der Waals surface area contributed by atoms with E-state index < -0.39 is 0 Å². The van der Waals surface area contributed by atoms with Gasteiger partial charge in [-0.15, -0.1) is 0 Å². The molecule has 4 rings (SSSR count). The highest BCUT2D eigenvalue weighted by molar-refractivity contribution is 5.51. The van der Waals surface area contributed by atoms with Crippen LogP contribution in [0.2, 0.25) is 0 Å². The summed E-state index contributed by atoms with van der Waals surface area (Å²) in [5, 5.41) is 8.15. The quantitative estimate of drug-likeness (QED) is 0.727. The van der Waals surface area contributed by atoms with Crippen molar-refractivity contribution in [2.75, 3.05) is 0 Å². The Morgan fingerprint density at radius 3 is 3.00 bits per heavy atom. The molecule has 0 amide bonds. The number of hydrogen-bond acceptors (Lipinski definition) is 5. The van der Waals surface area contributed by atoms with E-state index >= 15 is 0 Å². The summed E-state index contributed by atoms with van der Waals surface area (Å²) in [5.74, 6) is 2.07. The van der Waals surface area contributed by atoms with Gasteiger partial charge >= 0.3 is 0 Å². The van der Waals surface area contributed by atoms with Gasteiger partial charge in [0.15, 0.2) is 0 Å². The fraction of sp³-hybridized carbons (Fsp3) is 0.286. The molecule has 3 aromatic rings. The van der Waals surface area contributed by atoms with Gasteiger partial charge in [-0.3, -0.25) is 9.67 Å². The van der Waals surface area contributed by atoms with Gasteiger partial charge in [-0.2, -0.15) is 10.1 Å². The number of pyridine rings is 1. The first-order valence-electron chi connectivity index (χ1n) is 6.54. The van der Waals surface area contributed by atoms with Crippen molar-refractivity contribution >= 4 is 0 Å². The minimum Gasteiger partial charge on any atom is -0.339 e. The van der Waals surface area contributed by atoms with Gasteiger partial charge in [0.1, 0.15) is 0 Å². The van der Waals surface area contributed by atoms with Gasteiger partial charge in [-0.1, -0.05) is 11.2 Å². The molecule has 0 saturated heterocycles. The Bertz CT molecular complexity index is 733. The minimum atomic E-state index is 0.317. The molecule has 1 aliphatic carbocycles. The summed E-state index contributed by atoms with van der Waals surface area (Å²) in [5.41, 5.74) is 2.11. The van der Waals surface area contributed by atoms with Crippen LogP contribution >= 0.6 is 0 Å². The Hall–Kier alpha value is -2.50. The molecule has 6 nitrogen and oxygen atoms in total. The van der Waals surface area contributed by atoms with E-state index in [-0.39, 0.29) is 0 Å². The van der Waals surface area contributed by atoms with E-state index in [0.29, 0.717) is 23.6 Å². The Morgan fingerprint density at radius 1 is 1.30 bits per heavy atom. The lowest BCUT2D eigenvalue weighted by molar-refractivity contribution is 0.378. The SMILES string of the molecule is Cn1cc(-c2noc([C@H]3C[C@@H]3c3cccnc3)n2)cn1. The zero-order chi connectivity index (χ0) is 13.5. The van der Waals surface area contributed by atoms with Crippen LogP contribution in [0.5, 0.6) is 0 Å². The highest BCUT2D eigenvalue weighted by atomic mass is 16.5. The number of rotatable bonds is 3. The fourth-order valence-electron chi connectivity index (χ4n) is 2.47. The normalized spacial score (nSPS) is 21.1. The smallest absolute Gasteiger partial charge is 0.230 e. The molecular weight excluding hydrogens is 254 g/mol. The molecule has 0 unspecified atom stereocenters. The van der Waals surface area contributed by atoms with Crippen molar-refractivity contribution in [3.05, 3.63) is 48.4 Å². The summed E-state index contributed by atoms with van der Waals surface area (Å²) in [4.78, 5) is 8.63. The highest BCUT2D eigenvalue weighted by Crippen LogP contribution is 2.53. The summed E-state index contributed by atoms with van der Waals surface area (Å²) < 4.78 is 7.11. The van der Waals surface area contributed by atoms with Crippen molar-refractivity contribution in [2.45, 2.75) is 18.3 Å². The van der Waals surface area contributed by atoms with Crippen LogP contribution in [0.15, 0.2) is 41.4 Å². The molecule has 0 radical (unpaired) electrons. The van der Waals surface area contributed by atoms with E-state index in [1.807, 2.05) is 25.5 Å². The first-order valence-corrected chi connectivity index (χ1v) is 6.54. The summed E-state index contributed by atoms with van der Waals surface area (Å²) in [6, 6.07) is 4.05. The Morgan fingerprint density at radius 2 is 2.25 bits per heavy atom. The van der Waals surface area contributed by atoms with Gasteiger partial charge in [-0.25, -0.2) is 0 Å². The van der Waals surface area contributed by atoms with Gasteiger partial charge in [-0.05, 0) is 24.0 Å². The van der Waals surface area contributed by atoms with Crippen LogP contribution in [0.25, 0.3) is 11.4 Å². The fourth-order valence-corrected chi connectivity index (χ4v) is 2.47. The van der Waals surface area contributed by atoms with Crippen molar-refractivity contribution in [2.24, 2.45) is 7.05 Å². The summed E-state index contributed by atoms with van der Waals surface area (Å²) in [6.07, 6.45) is 8.35. The molecule has 0 N–H and O–H groups in total. The minimum absolute atomic E-state index is 0.317. The largest absolute Gasteiger partial charge is 0.339 e. The van der Waals surface area contributed by atoms with Crippen LogP contribution < -0.4 is 0 Å². The maximum absolute atomic E-state index is 5.39. The van der Waals surface area contributed by atoms with Crippen molar-refractivity contribution in [3.63, 3.8) is 0 Å². The zero-order valence-corrected chi connectivity index (χ0v) is 11.0. The molecular formula is C14H13N5O. The Labute approximate surface area is 115 Å². The van der Waals surface area contributed by atoms with E-state index in [4.69, 9.17) is 4.52 Å². The average molecular weight is 267 g/mol. The molecule has 0 bridgehead atoms. The maximum Gasteiger partial charge on any atom is 0.230 e. The Balaban J connectivity index is 1.56. The lowest BCUT2D eigenvalue weighted by Crippen LogP contribution is -1.86. The third kappa shape index (κ3) is 1.89. The van der Waals surface area contributed by atoms with Crippen LogP contribution in [0.4, 0.5) is 0 Å². The van der Waals surface area contributed by atoms with Gasteiger partial charge < -0.3 is 4.52 Å². The van der Waals surface area contributed by atoms with E-state index in [1.54, 1.807) is 17.1 Å².